The predicted molar refractivity (Wildman–Crippen MR) is 88.3 cm³/mol. The molecule has 1 aliphatic rings. The van der Waals surface area contributed by atoms with Crippen molar-refractivity contribution in [2.75, 3.05) is 7.05 Å². The lowest BCUT2D eigenvalue weighted by Gasteiger charge is -2.15. The summed E-state index contributed by atoms with van der Waals surface area (Å²) in [5.74, 6) is 0. The molecular formula is C17H23N3S. The quantitative estimate of drug-likeness (QED) is 0.850. The van der Waals surface area contributed by atoms with Crippen molar-refractivity contribution in [1.82, 2.24) is 15.2 Å². The van der Waals surface area contributed by atoms with Crippen molar-refractivity contribution in [3.8, 4) is 0 Å². The number of hydrogen-bond donors (Lipinski definition) is 1. The third-order valence-electron chi connectivity index (χ3n) is 3.69. The van der Waals surface area contributed by atoms with E-state index in [4.69, 9.17) is 4.98 Å². The Morgan fingerprint density at radius 1 is 1.33 bits per heavy atom. The van der Waals surface area contributed by atoms with E-state index in [1.165, 1.54) is 34.7 Å². The van der Waals surface area contributed by atoms with Crippen LogP contribution in [0, 0.1) is 6.92 Å². The van der Waals surface area contributed by atoms with E-state index < -0.39 is 0 Å². The first kappa shape index (κ1) is 14.7. The predicted octanol–water partition coefficient (Wildman–Crippen LogP) is 3.34. The summed E-state index contributed by atoms with van der Waals surface area (Å²) in [6, 6.07) is 9.46. The lowest BCUT2D eigenvalue weighted by atomic mass is 10.1. The number of aromatic nitrogens is 1. The van der Waals surface area contributed by atoms with Crippen LogP contribution in [-0.4, -0.2) is 23.0 Å². The normalized spacial score (nSPS) is 14.8. The van der Waals surface area contributed by atoms with Gasteiger partial charge in [0.05, 0.1) is 5.69 Å². The number of thiazole rings is 1. The van der Waals surface area contributed by atoms with Crippen molar-refractivity contribution in [3.05, 3.63) is 51.5 Å². The van der Waals surface area contributed by atoms with Crippen LogP contribution < -0.4 is 5.32 Å². The molecule has 1 N–H and O–H groups in total. The number of aryl methyl sites for hydroxylation is 1. The first-order valence-electron chi connectivity index (χ1n) is 7.60. The minimum atomic E-state index is 0.751. The summed E-state index contributed by atoms with van der Waals surface area (Å²) in [6.07, 6.45) is 2.66. The molecule has 0 spiro atoms. The van der Waals surface area contributed by atoms with Gasteiger partial charge in [-0.2, -0.15) is 0 Å². The Labute approximate surface area is 131 Å². The molecule has 1 aromatic heterocycles. The van der Waals surface area contributed by atoms with E-state index >= 15 is 0 Å². The molecule has 0 radical (unpaired) electrons. The number of rotatable bonds is 7. The molecule has 0 saturated heterocycles. The van der Waals surface area contributed by atoms with Crippen molar-refractivity contribution >= 4 is 11.3 Å². The summed E-state index contributed by atoms with van der Waals surface area (Å²) in [5, 5.41) is 6.92. The zero-order valence-corrected chi connectivity index (χ0v) is 13.6. The van der Waals surface area contributed by atoms with Crippen molar-refractivity contribution in [3.63, 3.8) is 0 Å². The van der Waals surface area contributed by atoms with Crippen LogP contribution in [0.5, 0.6) is 0 Å². The average Bonchev–Trinajstić information content (AvgIpc) is 3.17. The van der Waals surface area contributed by atoms with Gasteiger partial charge in [0.25, 0.3) is 0 Å². The second kappa shape index (κ2) is 6.69. The molecule has 4 heteroatoms. The molecule has 0 atom stereocenters. The van der Waals surface area contributed by atoms with E-state index in [0.29, 0.717) is 0 Å². The molecule has 112 valence electrons. The van der Waals surface area contributed by atoms with Crippen LogP contribution in [0.25, 0.3) is 0 Å². The number of nitrogens with one attached hydrogen (secondary N) is 1. The highest BCUT2D eigenvalue weighted by atomic mass is 32.1. The molecular weight excluding hydrogens is 278 g/mol. The summed E-state index contributed by atoms with van der Waals surface area (Å²) in [5.41, 5.74) is 3.87. The first-order chi connectivity index (χ1) is 10.2. The van der Waals surface area contributed by atoms with Gasteiger partial charge in [0.2, 0.25) is 0 Å². The summed E-state index contributed by atoms with van der Waals surface area (Å²) >= 11 is 1.77. The van der Waals surface area contributed by atoms with Crippen LogP contribution in [0.1, 0.15) is 34.7 Å². The second-order valence-corrected chi connectivity index (χ2v) is 6.99. The van der Waals surface area contributed by atoms with Crippen LogP contribution in [0.2, 0.25) is 0 Å². The molecule has 1 heterocycles. The fourth-order valence-electron chi connectivity index (χ4n) is 2.48. The van der Waals surface area contributed by atoms with Gasteiger partial charge in [-0.15, -0.1) is 11.3 Å². The summed E-state index contributed by atoms with van der Waals surface area (Å²) in [6.45, 7) is 4.95. The Hall–Kier alpha value is -1.23. The minimum Gasteiger partial charge on any atom is -0.308 e. The van der Waals surface area contributed by atoms with E-state index in [2.05, 4.69) is 53.8 Å². The van der Waals surface area contributed by atoms with Crippen LogP contribution in [-0.2, 0) is 19.6 Å². The molecule has 2 aromatic rings. The van der Waals surface area contributed by atoms with Gasteiger partial charge in [0.1, 0.15) is 5.01 Å². The van der Waals surface area contributed by atoms with Crippen LogP contribution >= 0.6 is 11.3 Å². The molecule has 0 bridgehead atoms. The summed E-state index contributed by atoms with van der Waals surface area (Å²) < 4.78 is 0. The highest BCUT2D eigenvalue weighted by molar-refractivity contribution is 7.09. The summed E-state index contributed by atoms with van der Waals surface area (Å²) in [7, 11) is 2.16. The average molecular weight is 301 g/mol. The third kappa shape index (κ3) is 4.63. The van der Waals surface area contributed by atoms with Gasteiger partial charge in [0.15, 0.2) is 0 Å². The summed E-state index contributed by atoms with van der Waals surface area (Å²) in [4.78, 5) is 7.04. The van der Waals surface area contributed by atoms with Crippen LogP contribution in [0.3, 0.4) is 0 Å². The maximum Gasteiger partial charge on any atom is 0.107 e. The number of benzene rings is 1. The van der Waals surface area contributed by atoms with E-state index in [9.17, 15) is 0 Å². The van der Waals surface area contributed by atoms with Gasteiger partial charge in [-0.1, -0.05) is 29.8 Å². The lowest BCUT2D eigenvalue weighted by molar-refractivity contribution is 0.315. The molecule has 1 saturated carbocycles. The Morgan fingerprint density at radius 2 is 2.19 bits per heavy atom. The van der Waals surface area contributed by atoms with E-state index in [1.54, 1.807) is 11.3 Å². The largest absolute Gasteiger partial charge is 0.308 e. The monoisotopic (exact) mass is 301 g/mol. The van der Waals surface area contributed by atoms with Crippen molar-refractivity contribution in [1.29, 1.82) is 0 Å². The maximum atomic E-state index is 4.72. The Balaban J connectivity index is 1.50. The smallest absolute Gasteiger partial charge is 0.107 e. The van der Waals surface area contributed by atoms with Gasteiger partial charge in [-0.25, -0.2) is 4.98 Å². The van der Waals surface area contributed by atoms with Crippen LogP contribution in [0.4, 0.5) is 0 Å². The molecule has 1 aliphatic carbocycles. The second-order valence-electron chi connectivity index (χ2n) is 6.05. The zero-order valence-electron chi connectivity index (χ0n) is 12.8. The number of nitrogens with zero attached hydrogens (tertiary/aromatic N) is 2. The number of hydrogen-bond acceptors (Lipinski definition) is 4. The van der Waals surface area contributed by atoms with E-state index in [-0.39, 0.29) is 0 Å². The third-order valence-corrected chi connectivity index (χ3v) is 4.58. The van der Waals surface area contributed by atoms with Gasteiger partial charge in [0, 0.05) is 31.1 Å². The Morgan fingerprint density at radius 3 is 2.95 bits per heavy atom. The van der Waals surface area contributed by atoms with E-state index in [1.807, 2.05) is 0 Å². The molecule has 3 rings (SSSR count). The molecule has 0 aliphatic heterocycles. The zero-order chi connectivity index (χ0) is 14.7. The van der Waals surface area contributed by atoms with Gasteiger partial charge < -0.3 is 5.32 Å². The first-order valence-corrected chi connectivity index (χ1v) is 8.48. The van der Waals surface area contributed by atoms with Crippen LogP contribution in [0.15, 0.2) is 29.6 Å². The standard InChI is InChI=1S/C17H23N3S/c1-13-4-3-5-14(8-13)10-20(2)11-16-12-21-17(19-16)9-18-15-6-7-15/h3-5,8,12,15,18H,6-7,9-11H2,1-2H3. The molecule has 21 heavy (non-hydrogen) atoms. The fraction of sp³-hybridized carbons (Fsp3) is 0.471. The molecule has 0 unspecified atom stereocenters. The Kier molecular flexibility index (Phi) is 4.68. The fourth-order valence-corrected chi connectivity index (χ4v) is 3.21. The Bertz CT molecular complexity index is 589. The SMILES string of the molecule is Cc1cccc(CN(C)Cc2csc(CNC3CC3)n2)c1. The molecule has 1 aromatic carbocycles. The van der Waals surface area contributed by atoms with Crippen molar-refractivity contribution < 1.29 is 0 Å². The molecule has 1 fully saturated rings. The lowest BCUT2D eigenvalue weighted by Crippen LogP contribution is -2.18. The molecule has 0 amide bonds. The van der Waals surface area contributed by atoms with Crippen molar-refractivity contribution in [2.45, 2.75) is 45.4 Å². The van der Waals surface area contributed by atoms with Gasteiger partial charge in [-0.05, 0) is 32.4 Å². The maximum absolute atomic E-state index is 4.72. The molecule has 3 nitrogen and oxygen atoms in total. The van der Waals surface area contributed by atoms with Crippen molar-refractivity contribution in [2.24, 2.45) is 0 Å². The van der Waals surface area contributed by atoms with E-state index in [0.717, 1.165) is 25.7 Å². The topological polar surface area (TPSA) is 28.2 Å². The minimum absolute atomic E-state index is 0.751. The van der Waals surface area contributed by atoms with Gasteiger partial charge in [-0.3, -0.25) is 4.90 Å². The highest BCUT2D eigenvalue weighted by Crippen LogP contribution is 2.20. The van der Waals surface area contributed by atoms with Gasteiger partial charge >= 0.3 is 0 Å². The highest BCUT2D eigenvalue weighted by Gasteiger charge is 2.20.